The number of halogens is 3. The lowest BCUT2D eigenvalue weighted by molar-refractivity contribution is -0.118. The zero-order chi connectivity index (χ0) is 44.0. The molecule has 2 saturated heterocycles. The van der Waals surface area contributed by atoms with Crippen molar-refractivity contribution < 1.29 is 10.6 Å². The first-order valence-electron chi connectivity index (χ1n) is 20.3. The second kappa shape index (κ2) is 21.3. The Kier molecular flexibility index (Phi) is 15.0. The molecule has 61 heavy (non-hydrogen) atoms. The third kappa shape index (κ3) is 10.9. The van der Waals surface area contributed by atoms with Crippen molar-refractivity contribution in [2.75, 3.05) is 44.0 Å². The maximum atomic E-state index is 12.9. The lowest BCUT2D eigenvalue weighted by Gasteiger charge is -2.29. The molecule has 2 aromatic carbocycles. The van der Waals surface area contributed by atoms with Gasteiger partial charge in [0, 0.05) is 107 Å². The number of benzene rings is 2. The monoisotopic (exact) mass is 869 g/mol. The molecule has 7 aromatic rings. The van der Waals surface area contributed by atoms with Crippen LogP contribution in [0.3, 0.4) is 0 Å². The number of fused-ring (bicyclic) bond motifs is 2. The van der Waals surface area contributed by atoms with Gasteiger partial charge in [-0.3, -0.25) is 27.9 Å². The normalized spacial score (nSPS) is 14.4. The van der Waals surface area contributed by atoms with Gasteiger partial charge in [0.05, 0.1) is 14.9 Å². The molecule has 2 aliphatic heterocycles. The number of nitrogens with one attached hydrogen (secondary N) is 4. The Labute approximate surface area is 362 Å². The largest absolute Gasteiger partial charge is 0.351 e. The average molecular weight is 871 g/mol. The highest BCUT2D eigenvalue weighted by Gasteiger charge is 2.20. The van der Waals surface area contributed by atoms with Crippen LogP contribution in [-0.2, 0) is 18.9 Å². The van der Waals surface area contributed by atoms with Crippen LogP contribution in [0.1, 0.15) is 27.1 Å². The Morgan fingerprint density at radius 3 is 1.66 bits per heavy atom. The van der Waals surface area contributed by atoms with E-state index in [9.17, 15) is 18.8 Å². The summed E-state index contributed by atoms with van der Waals surface area (Å²) in [5.41, 5.74) is 3.35. The van der Waals surface area contributed by atoms with Crippen LogP contribution in [0, 0.1) is 0 Å². The highest BCUT2D eigenvalue weighted by atomic mass is 35.5. The molecule has 0 aliphatic carbocycles. The number of nitrogens with zero attached hydrogens (tertiary/aromatic N) is 8. The van der Waals surface area contributed by atoms with Crippen molar-refractivity contribution in [2.45, 2.75) is 37.8 Å². The number of carbonyl (C=O) groups is 1. The van der Waals surface area contributed by atoms with E-state index in [0.717, 1.165) is 56.0 Å². The molecule has 2 aliphatic rings. The molecule has 2 fully saturated rings. The molecule has 15 nitrogen and oxygen atoms in total. The van der Waals surface area contributed by atoms with Crippen LogP contribution in [0.15, 0.2) is 101 Å². The second-order valence-electron chi connectivity index (χ2n) is 14.2. The SMILES string of the molecule is Cn1c(=O)c(-c2ccccc2Cl)cc2cnc(NC3CCN(C=O)CC3)nc21.Cn1c(=O)c(-c2ccccc2Cl)cc2cnc(NC3CCNCC3)nc21.[2H]CF.c1c[nH]cn1. The first kappa shape index (κ1) is 42.9. The quantitative estimate of drug-likeness (QED) is 0.129. The van der Waals surface area contributed by atoms with Gasteiger partial charge in [-0.2, -0.15) is 9.97 Å². The van der Waals surface area contributed by atoms with Crippen molar-refractivity contribution in [1.82, 2.24) is 49.3 Å². The molecule has 5 aromatic heterocycles. The second-order valence-corrected chi connectivity index (χ2v) is 15.1. The number of anilines is 2. The van der Waals surface area contributed by atoms with Crippen molar-refractivity contribution >= 4 is 63.6 Å². The minimum atomic E-state index is -1.00. The smallest absolute Gasteiger partial charge is 0.259 e. The van der Waals surface area contributed by atoms with Gasteiger partial charge in [0.2, 0.25) is 18.3 Å². The number of carbonyl (C=O) groups excluding carboxylic acids is 1. The maximum Gasteiger partial charge on any atom is 0.259 e. The molecule has 0 unspecified atom stereocenters. The summed E-state index contributed by atoms with van der Waals surface area (Å²) in [5, 5.41) is 12.7. The number of amides is 1. The van der Waals surface area contributed by atoms with Crippen molar-refractivity contribution in [3.8, 4) is 22.3 Å². The Balaban J connectivity index is 0.000000176. The topological polar surface area (TPSA) is 181 Å². The Hall–Kier alpha value is -6.23. The Bertz CT molecular complexity index is 2670. The van der Waals surface area contributed by atoms with Gasteiger partial charge in [-0.25, -0.2) is 15.0 Å². The van der Waals surface area contributed by atoms with Crippen LogP contribution in [0.25, 0.3) is 44.3 Å². The number of aryl methyl sites for hydroxylation is 2. The summed E-state index contributed by atoms with van der Waals surface area (Å²) in [6, 6.07) is 18.8. The van der Waals surface area contributed by atoms with Crippen LogP contribution >= 0.6 is 23.2 Å². The fraction of sp³-hybridized carbons (Fsp3) is 0.302. The van der Waals surface area contributed by atoms with Crippen LogP contribution in [0.2, 0.25) is 10.0 Å². The molecule has 0 spiro atoms. The van der Waals surface area contributed by atoms with E-state index in [1.54, 1.807) is 72.9 Å². The Morgan fingerprint density at radius 2 is 1.25 bits per heavy atom. The van der Waals surface area contributed by atoms with E-state index in [0.29, 0.717) is 74.6 Å². The molecule has 1 amide bonds. The lowest BCUT2D eigenvalue weighted by atomic mass is 10.1. The number of likely N-dealkylation sites (tertiary alicyclic amines) is 1. The van der Waals surface area contributed by atoms with E-state index in [2.05, 4.69) is 45.9 Å². The van der Waals surface area contributed by atoms with Gasteiger partial charge in [-0.15, -0.1) is 0 Å². The number of imidazole rings is 1. The third-order valence-electron chi connectivity index (χ3n) is 10.3. The van der Waals surface area contributed by atoms with Gasteiger partial charge >= 0.3 is 0 Å². The third-order valence-corrected chi connectivity index (χ3v) is 11.0. The number of aromatic amines is 1. The Morgan fingerprint density at radius 1 is 0.770 bits per heavy atom. The summed E-state index contributed by atoms with van der Waals surface area (Å²) >= 11 is 12.5. The van der Waals surface area contributed by atoms with Gasteiger partial charge in [0.1, 0.15) is 11.3 Å². The van der Waals surface area contributed by atoms with E-state index in [1.165, 1.54) is 4.57 Å². The van der Waals surface area contributed by atoms with E-state index >= 15 is 0 Å². The number of pyridine rings is 2. The number of alkyl halides is 1. The number of hydrogen-bond acceptors (Lipinski definition) is 11. The number of aromatic nitrogens is 8. The summed E-state index contributed by atoms with van der Waals surface area (Å²) < 4.78 is 18.6. The fourth-order valence-corrected chi connectivity index (χ4v) is 7.55. The minimum Gasteiger partial charge on any atom is -0.351 e. The maximum absolute atomic E-state index is 12.9. The predicted octanol–water partition coefficient (Wildman–Crippen LogP) is 6.49. The summed E-state index contributed by atoms with van der Waals surface area (Å²) in [6.07, 6.45) is 13.2. The van der Waals surface area contributed by atoms with Crippen LogP contribution in [0.4, 0.5) is 16.3 Å². The van der Waals surface area contributed by atoms with Gasteiger partial charge < -0.3 is 25.8 Å². The van der Waals surface area contributed by atoms with Crippen molar-refractivity contribution in [1.29, 1.82) is 0 Å². The number of hydrogen-bond donors (Lipinski definition) is 4. The summed E-state index contributed by atoms with van der Waals surface area (Å²) in [4.78, 5) is 62.7. The molecule has 18 heteroatoms. The molecule has 0 radical (unpaired) electrons. The predicted molar refractivity (Wildman–Crippen MR) is 240 cm³/mol. The van der Waals surface area contributed by atoms with E-state index < -0.39 is 7.15 Å². The minimum absolute atomic E-state index is 0.128. The molecular formula is C43H47Cl2FN12O3. The standard InChI is InChI=1S/C20H20ClN5O2.C19H20ClN5O.C3H4N2.CH3F/c1-25-18-13(10-16(19(25)28)15-4-2-3-5-17(15)21)11-22-20(24-18)23-14-6-8-26(12-27)9-7-14;1-25-17-12(10-15(18(25)26)14-4-2-3-5-16(14)20)11-22-19(24-17)23-13-6-8-21-9-7-13;1-2-5-3-4-1;1-2/h2-5,10-12,14H,6-9H2,1H3,(H,22,23,24);2-5,10-11,13,21H,6-9H2,1H3,(H,22,23,24);1-3H,(H,4,5);1H3/i;;;1D. The van der Waals surface area contributed by atoms with Crippen LogP contribution in [0.5, 0.6) is 0 Å². The average Bonchev–Trinajstić information content (AvgIpc) is 3.89. The molecule has 9 rings (SSSR count). The fourth-order valence-electron chi connectivity index (χ4n) is 7.07. The highest BCUT2D eigenvalue weighted by Crippen LogP contribution is 2.28. The zero-order valence-electron chi connectivity index (χ0n) is 34.7. The van der Waals surface area contributed by atoms with Gasteiger partial charge in [-0.05, 0) is 63.0 Å². The van der Waals surface area contributed by atoms with Crippen LogP contribution < -0.4 is 27.1 Å². The first-order valence-corrected chi connectivity index (χ1v) is 20.3. The lowest BCUT2D eigenvalue weighted by Crippen LogP contribution is -2.38. The molecule has 0 saturated carbocycles. The van der Waals surface area contributed by atoms with Crippen molar-refractivity contribution in [3.05, 3.63) is 123 Å². The highest BCUT2D eigenvalue weighted by molar-refractivity contribution is 6.33. The molecular weight excluding hydrogens is 822 g/mol. The van der Waals surface area contributed by atoms with Crippen LogP contribution in [-0.4, -0.2) is 95.8 Å². The molecule has 7 heterocycles. The van der Waals surface area contributed by atoms with Gasteiger partial charge in [0.15, 0.2) is 0 Å². The van der Waals surface area contributed by atoms with E-state index in [1.807, 2.05) is 42.5 Å². The first-order chi connectivity index (χ1) is 30.1. The van der Waals surface area contributed by atoms with E-state index in [4.69, 9.17) is 24.6 Å². The number of rotatable bonds is 7. The molecule has 4 N–H and O–H groups in total. The molecule has 0 atom stereocenters. The van der Waals surface area contributed by atoms with Gasteiger partial charge in [-0.1, -0.05) is 59.6 Å². The van der Waals surface area contributed by atoms with Crippen molar-refractivity contribution in [2.24, 2.45) is 14.1 Å². The van der Waals surface area contributed by atoms with E-state index in [-0.39, 0.29) is 17.2 Å². The molecule has 0 bridgehead atoms. The van der Waals surface area contributed by atoms with Crippen molar-refractivity contribution in [3.63, 3.8) is 0 Å². The molecule has 318 valence electrons. The summed E-state index contributed by atoms with van der Waals surface area (Å²) in [7, 11) is 2.43. The summed E-state index contributed by atoms with van der Waals surface area (Å²) in [6.45, 7) is 3.42. The zero-order valence-corrected chi connectivity index (χ0v) is 35.2. The summed E-state index contributed by atoms with van der Waals surface area (Å²) in [5.74, 6) is 1.04. The number of piperidine rings is 2. The number of H-pyrrole nitrogens is 1. The van der Waals surface area contributed by atoms with Gasteiger partial charge in [0.25, 0.3) is 11.1 Å².